The molecule has 0 spiro atoms. The van der Waals surface area contributed by atoms with E-state index in [4.69, 9.17) is 0 Å². The van der Waals surface area contributed by atoms with Gasteiger partial charge in [-0.05, 0) is 11.1 Å². The number of thiol groups is 1. The van der Waals surface area contributed by atoms with Crippen LogP contribution in [0.4, 0.5) is 0 Å². The van der Waals surface area contributed by atoms with Crippen LogP contribution in [0, 0.1) is 5.92 Å². The molecule has 1 amide bonds. The van der Waals surface area contributed by atoms with Gasteiger partial charge in [0.15, 0.2) is 0 Å². The van der Waals surface area contributed by atoms with E-state index in [2.05, 4.69) is 12.6 Å². The normalized spacial score (nSPS) is 19.7. The van der Waals surface area contributed by atoms with E-state index < -0.39 is 12.0 Å². The number of benzene rings is 1. The van der Waals surface area contributed by atoms with Crippen LogP contribution >= 0.6 is 12.6 Å². The van der Waals surface area contributed by atoms with Gasteiger partial charge < -0.3 is 10.0 Å². The molecule has 0 saturated heterocycles. The molecular weight excluding hydrogens is 262 g/mol. The Balaban J connectivity index is 2.31. The molecule has 19 heavy (non-hydrogen) atoms. The number of aliphatic carboxylic acids is 1. The number of hydrogen-bond acceptors (Lipinski definition) is 3. The van der Waals surface area contributed by atoms with E-state index in [0.29, 0.717) is 18.7 Å². The number of hydrogen-bond donors (Lipinski definition) is 2. The zero-order valence-electron chi connectivity index (χ0n) is 10.7. The fraction of sp³-hybridized carbons (Fsp3) is 0.429. The largest absolute Gasteiger partial charge is 0.480 e. The molecule has 1 heterocycles. The van der Waals surface area contributed by atoms with Gasteiger partial charge in [0.1, 0.15) is 6.04 Å². The van der Waals surface area contributed by atoms with Gasteiger partial charge in [0.2, 0.25) is 5.91 Å². The van der Waals surface area contributed by atoms with E-state index in [1.165, 1.54) is 4.90 Å². The lowest BCUT2D eigenvalue weighted by molar-refractivity contribution is -0.152. The predicted molar refractivity (Wildman–Crippen MR) is 75.1 cm³/mol. The molecule has 5 heteroatoms. The van der Waals surface area contributed by atoms with Gasteiger partial charge >= 0.3 is 5.97 Å². The summed E-state index contributed by atoms with van der Waals surface area (Å²) in [5.41, 5.74) is 2.04. The van der Waals surface area contributed by atoms with Crippen molar-refractivity contribution >= 4 is 24.5 Å². The molecule has 0 aliphatic carbocycles. The molecule has 4 nitrogen and oxygen atoms in total. The molecule has 0 saturated carbocycles. The van der Waals surface area contributed by atoms with Crippen molar-refractivity contribution in [3.8, 4) is 0 Å². The summed E-state index contributed by atoms with van der Waals surface area (Å²) in [4.78, 5) is 25.1. The van der Waals surface area contributed by atoms with E-state index in [1.807, 2.05) is 24.3 Å². The second-order valence-electron chi connectivity index (χ2n) is 4.88. The highest BCUT2D eigenvalue weighted by atomic mass is 32.1. The zero-order chi connectivity index (χ0) is 14.0. The quantitative estimate of drug-likeness (QED) is 0.826. The molecule has 0 aromatic heterocycles. The van der Waals surface area contributed by atoms with Crippen LogP contribution in [0.15, 0.2) is 24.3 Å². The number of rotatable bonds is 3. The third-order valence-corrected chi connectivity index (χ3v) is 4.06. The average Bonchev–Trinajstić information content (AvgIpc) is 2.44. The number of carboxylic acid groups (broad SMARTS) is 1. The summed E-state index contributed by atoms with van der Waals surface area (Å²) in [5.74, 6) is -0.940. The summed E-state index contributed by atoms with van der Waals surface area (Å²) < 4.78 is 0. The average molecular weight is 279 g/mol. The summed E-state index contributed by atoms with van der Waals surface area (Å²) in [6, 6.07) is 6.90. The molecular formula is C14H17NO3S. The summed E-state index contributed by atoms with van der Waals surface area (Å²) in [6.07, 6.45) is 0.372. The fourth-order valence-corrected chi connectivity index (χ4v) is 2.49. The third kappa shape index (κ3) is 2.76. The number of carbonyl (C=O) groups is 2. The van der Waals surface area contributed by atoms with Crippen molar-refractivity contribution in [2.75, 3.05) is 5.75 Å². The number of amides is 1. The Hall–Kier alpha value is -1.49. The first-order valence-corrected chi connectivity index (χ1v) is 6.88. The molecule has 2 atom stereocenters. The van der Waals surface area contributed by atoms with Crippen LogP contribution in [-0.2, 0) is 22.6 Å². The van der Waals surface area contributed by atoms with Gasteiger partial charge in [-0.1, -0.05) is 31.2 Å². The maximum Gasteiger partial charge on any atom is 0.326 e. The second-order valence-corrected chi connectivity index (χ2v) is 5.24. The summed E-state index contributed by atoms with van der Waals surface area (Å²) >= 11 is 4.12. The van der Waals surface area contributed by atoms with Gasteiger partial charge in [-0.25, -0.2) is 4.79 Å². The van der Waals surface area contributed by atoms with Gasteiger partial charge in [-0.3, -0.25) is 4.79 Å². The highest BCUT2D eigenvalue weighted by Crippen LogP contribution is 2.25. The number of carboxylic acids is 1. The van der Waals surface area contributed by atoms with Gasteiger partial charge in [0.25, 0.3) is 0 Å². The first-order chi connectivity index (χ1) is 9.04. The Labute approximate surface area is 117 Å². The van der Waals surface area contributed by atoms with Crippen molar-refractivity contribution in [3.63, 3.8) is 0 Å². The monoisotopic (exact) mass is 279 g/mol. The van der Waals surface area contributed by atoms with E-state index in [1.54, 1.807) is 6.92 Å². The Morgan fingerprint density at radius 2 is 2.05 bits per heavy atom. The Bertz CT molecular complexity index is 503. The minimum Gasteiger partial charge on any atom is -0.480 e. The predicted octanol–water partition coefficient (Wildman–Crippen LogP) is 1.59. The van der Waals surface area contributed by atoms with Crippen LogP contribution in [0.1, 0.15) is 18.1 Å². The maximum atomic E-state index is 12.3. The minimum atomic E-state index is -0.950. The molecule has 1 N–H and O–H groups in total. The molecule has 1 aromatic carbocycles. The van der Waals surface area contributed by atoms with Gasteiger partial charge in [-0.2, -0.15) is 12.6 Å². The Morgan fingerprint density at radius 3 is 2.63 bits per heavy atom. The van der Waals surface area contributed by atoms with Crippen LogP contribution in [0.3, 0.4) is 0 Å². The highest BCUT2D eigenvalue weighted by molar-refractivity contribution is 7.80. The van der Waals surface area contributed by atoms with Crippen molar-refractivity contribution in [1.29, 1.82) is 0 Å². The molecule has 102 valence electrons. The van der Waals surface area contributed by atoms with Gasteiger partial charge in [0, 0.05) is 24.6 Å². The van der Waals surface area contributed by atoms with E-state index >= 15 is 0 Å². The molecule has 0 fully saturated rings. The molecule has 0 bridgehead atoms. The third-order valence-electron chi connectivity index (χ3n) is 3.51. The van der Waals surface area contributed by atoms with Crippen molar-refractivity contribution in [1.82, 2.24) is 4.90 Å². The number of fused-ring (bicyclic) bond motifs is 1. The molecule has 2 rings (SSSR count). The number of nitrogens with zero attached hydrogens (tertiary/aromatic N) is 1. The SMILES string of the molecule is C[C@H](CS)C(=O)N1Cc2ccccc2C[C@@H]1C(=O)O. The van der Waals surface area contributed by atoms with E-state index in [-0.39, 0.29) is 11.8 Å². The fourth-order valence-electron chi connectivity index (χ4n) is 2.34. The molecule has 0 radical (unpaired) electrons. The zero-order valence-corrected chi connectivity index (χ0v) is 11.6. The topological polar surface area (TPSA) is 57.6 Å². The summed E-state index contributed by atoms with van der Waals surface area (Å²) in [6.45, 7) is 2.14. The first kappa shape index (κ1) is 13.9. The Morgan fingerprint density at radius 1 is 1.42 bits per heavy atom. The molecule has 1 aliphatic heterocycles. The van der Waals surface area contributed by atoms with Crippen molar-refractivity contribution in [2.45, 2.75) is 25.9 Å². The summed E-state index contributed by atoms with van der Waals surface area (Å²) in [5, 5.41) is 9.32. The van der Waals surface area contributed by atoms with E-state index in [9.17, 15) is 14.7 Å². The van der Waals surface area contributed by atoms with E-state index in [0.717, 1.165) is 11.1 Å². The van der Waals surface area contributed by atoms with Crippen molar-refractivity contribution in [3.05, 3.63) is 35.4 Å². The highest BCUT2D eigenvalue weighted by Gasteiger charge is 2.35. The summed E-state index contributed by atoms with van der Waals surface area (Å²) in [7, 11) is 0. The minimum absolute atomic E-state index is 0.142. The van der Waals surface area contributed by atoms with Gasteiger partial charge in [-0.15, -0.1) is 0 Å². The lowest BCUT2D eigenvalue weighted by Crippen LogP contribution is -2.50. The maximum absolute atomic E-state index is 12.3. The molecule has 1 aliphatic rings. The molecule has 1 aromatic rings. The van der Waals surface area contributed by atoms with Crippen molar-refractivity contribution in [2.24, 2.45) is 5.92 Å². The van der Waals surface area contributed by atoms with Gasteiger partial charge in [0.05, 0.1) is 0 Å². The van der Waals surface area contributed by atoms with Crippen LogP contribution in [0.5, 0.6) is 0 Å². The lowest BCUT2D eigenvalue weighted by atomic mass is 9.93. The lowest BCUT2D eigenvalue weighted by Gasteiger charge is -2.35. The Kier molecular flexibility index (Phi) is 4.14. The van der Waals surface area contributed by atoms with Crippen LogP contribution in [-0.4, -0.2) is 33.7 Å². The number of carbonyl (C=O) groups excluding carboxylic acids is 1. The first-order valence-electron chi connectivity index (χ1n) is 6.25. The van der Waals surface area contributed by atoms with Crippen molar-refractivity contribution < 1.29 is 14.7 Å². The standard InChI is InChI=1S/C14H17NO3S/c1-9(8-19)13(16)15-7-11-5-3-2-4-10(11)6-12(15)14(17)18/h2-5,9,12,19H,6-8H2,1H3,(H,17,18)/t9-,12-/m1/s1. The molecule has 0 unspecified atom stereocenters. The van der Waals surface area contributed by atoms with Crippen LogP contribution in [0.25, 0.3) is 0 Å². The van der Waals surface area contributed by atoms with Crippen LogP contribution < -0.4 is 0 Å². The second kappa shape index (κ2) is 5.65. The smallest absolute Gasteiger partial charge is 0.326 e. The van der Waals surface area contributed by atoms with Crippen LogP contribution in [0.2, 0.25) is 0 Å².